The Morgan fingerprint density at radius 3 is 2.00 bits per heavy atom. The molecule has 1 aromatic carbocycles. The fourth-order valence-electron chi connectivity index (χ4n) is 2.30. The van der Waals surface area contributed by atoms with E-state index in [1.807, 2.05) is 41.5 Å². The average Bonchev–Trinajstić information content (AvgIpc) is 2.35. The quantitative estimate of drug-likeness (QED) is 0.355. The van der Waals surface area contributed by atoms with Gasteiger partial charge in [-0.3, -0.25) is 0 Å². The first-order valence-electron chi connectivity index (χ1n) is 7.89. The molecule has 0 aliphatic carbocycles. The normalized spacial score (nSPS) is 12.5. The lowest BCUT2D eigenvalue weighted by molar-refractivity contribution is -0.208. The molecule has 0 saturated heterocycles. The Bertz CT molecular complexity index is 507. The van der Waals surface area contributed by atoms with E-state index in [9.17, 15) is 10.2 Å². The van der Waals surface area contributed by atoms with Crippen LogP contribution < -0.4 is 4.89 Å². The minimum atomic E-state index is -0.387. The first kappa shape index (κ1) is 18.6. The van der Waals surface area contributed by atoms with Crippen LogP contribution in [0.5, 0.6) is 17.2 Å². The third kappa shape index (κ3) is 4.29. The molecule has 0 radical (unpaired) electrons. The van der Waals surface area contributed by atoms with Crippen LogP contribution in [-0.2, 0) is 15.7 Å². The molecule has 0 bridgehead atoms. The van der Waals surface area contributed by atoms with Crippen LogP contribution in [0.2, 0.25) is 0 Å². The van der Waals surface area contributed by atoms with E-state index in [-0.39, 0.29) is 22.3 Å². The largest absolute Gasteiger partial charge is 0.504 e. The molecule has 0 fully saturated rings. The highest BCUT2D eigenvalue weighted by Crippen LogP contribution is 2.48. The van der Waals surface area contributed by atoms with Gasteiger partial charge in [0.15, 0.2) is 17.2 Å². The maximum atomic E-state index is 10.5. The highest BCUT2D eigenvalue weighted by molar-refractivity contribution is 5.60. The zero-order valence-corrected chi connectivity index (χ0v) is 14.9. The van der Waals surface area contributed by atoms with Crippen LogP contribution in [0.4, 0.5) is 0 Å². The van der Waals surface area contributed by atoms with Gasteiger partial charge in [0.05, 0.1) is 6.61 Å². The van der Waals surface area contributed by atoms with Crippen molar-refractivity contribution in [1.82, 2.24) is 0 Å². The molecule has 4 nitrogen and oxygen atoms in total. The monoisotopic (exact) mass is 310 g/mol. The average molecular weight is 310 g/mol. The Balaban J connectivity index is 3.33. The van der Waals surface area contributed by atoms with Gasteiger partial charge in [0.1, 0.15) is 0 Å². The SMILES string of the molecule is CCCCOOc1cc(C(C)(C)C)c(O)c(O)c1C(C)(C)C. The molecule has 0 unspecified atom stereocenters. The Kier molecular flexibility index (Phi) is 5.74. The lowest BCUT2D eigenvalue weighted by Crippen LogP contribution is -2.18. The van der Waals surface area contributed by atoms with Gasteiger partial charge in [-0.2, -0.15) is 4.89 Å². The molecule has 0 aliphatic heterocycles. The molecular weight excluding hydrogens is 280 g/mol. The summed E-state index contributed by atoms with van der Waals surface area (Å²) in [5.74, 6) is 0.246. The predicted molar refractivity (Wildman–Crippen MR) is 88.7 cm³/mol. The highest BCUT2D eigenvalue weighted by atomic mass is 17.2. The van der Waals surface area contributed by atoms with Crippen LogP contribution >= 0.6 is 0 Å². The smallest absolute Gasteiger partial charge is 0.173 e. The van der Waals surface area contributed by atoms with Crippen LogP contribution in [0.25, 0.3) is 0 Å². The fraction of sp³-hybridized carbons (Fsp3) is 0.667. The maximum Gasteiger partial charge on any atom is 0.173 e. The third-order valence-electron chi connectivity index (χ3n) is 3.53. The Morgan fingerprint density at radius 2 is 1.55 bits per heavy atom. The van der Waals surface area contributed by atoms with E-state index >= 15 is 0 Å². The van der Waals surface area contributed by atoms with E-state index in [4.69, 9.17) is 9.78 Å². The molecule has 1 aromatic rings. The molecule has 4 heteroatoms. The highest BCUT2D eigenvalue weighted by Gasteiger charge is 2.31. The Morgan fingerprint density at radius 1 is 0.955 bits per heavy atom. The summed E-state index contributed by atoms with van der Waals surface area (Å²) in [5, 5.41) is 20.8. The number of benzene rings is 1. The number of unbranched alkanes of at least 4 members (excludes halogenated alkanes) is 1. The summed E-state index contributed by atoms with van der Waals surface area (Å²) in [5.41, 5.74) is 0.475. The minimum Gasteiger partial charge on any atom is -0.504 e. The molecule has 0 aliphatic rings. The second kappa shape index (κ2) is 6.78. The van der Waals surface area contributed by atoms with Gasteiger partial charge in [-0.1, -0.05) is 54.9 Å². The molecule has 0 amide bonds. The number of hydrogen-bond donors (Lipinski definition) is 2. The van der Waals surface area contributed by atoms with Crippen molar-refractivity contribution in [3.8, 4) is 17.2 Å². The van der Waals surface area contributed by atoms with Crippen molar-refractivity contribution in [1.29, 1.82) is 0 Å². The molecule has 1 rings (SSSR count). The first-order chi connectivity index (χ1) is 10.00. The summed E-state index contributed by atoms with van der Waals surface area (Å²) in [6.07, 6.45) is 1.92. The van der Waals surface area contributed by atoms with E-state index in [1.54, 1.807) is 6.07 Å². The topological polar surface area (TPSA) is 58.9 Å². The summed E-state index contributed by atoms with van der Waals surface area (Å²) in [6.45, 7) is 14.4. The van der Waals surface area contributed by atoms with Gasteiger partial charge in [-0.25, -0.2) is 0 Å². The van der Waals surface area contributed by atoms with Gasteiger partial charge in [0.2, 0.25) is 0 Å². The molecule has 0 spiro atoms. The molecule has 126 valence electrons. The lowest BCUT2D eigenvalue weighted by atomic mass is 9.80. The van der Waals surface area contributed by atoms with Gasteiger partial charge >= 0.3 is 0 Å². The second-order valence-electron chi connectivity index (χ2n) is 7.75. The number of phenols is 2. The molecule has 0 heterocycles. The maximum absolute atomic E-state index is 10.5. The zero-order chi connectivity index (χ0) is 17.1. The summed E-state index contributed by atoms with van der Waals surface area (Å²) < 4.78 is 0. The Labute approximate surface area is 134 Å². The molecule has 0 saturated carbocycles. The van der Waals surface area contributed by atoms with Crippen LogP contribution in [0.15, 0.2) is 6.07 Å². The van der Waals surface area contributed by atoms with E-state index in [0.29, 0.717) is 23.5 Å². The zero-order valence-electron chi connectivity index (χ0n) is 14.9. The molecule has 0 aromatic heterocycles. The van der Waals surface area contributed by atoms with E-state index in [2.05, 4.69) is 6.92 Å². The Hall–Kier alpha value is -1.42. The van der Waals surface area contributed by atoms with Crippen molar-refractivity contribution in [2.75, 3.05) is 6.61 Å². The van der Waals surface area contributed by atoms with Crippen molar-refractivity contribution in [2.45, 2.75) is 72.1 Å². The lowest BCUT2D eigenvalue weighted by Gasteiger charge is -2.28. The first-order valence-corrected chi connectivity index (χ1v) is 7.89. The van der Waals surface area contributed by atoms with Crippen LogP contribution in [0.3, 0.4) is 0 Å². The summed E-state index contributed by atoms with van der Waals surface area (Å²) in [4.78, 5) is 10.7. The standard InChI is InChI=1S/C18H30O4/c1-8-9-10-21-22-13-11-12(17(2,3)4)15(19)16(20)14(13)18(5,6)7/h11,19-20H,8-10H2,1-7H3. The number of rotatable bonds is 5. The van der Waals surface area contributed by atoms with Crippen molar-refractivity contribution >= 4 is 0 Å². The van der Waals surface area contributed by atoms with Crippen molar-refractivity contribution in [3.05, 3.63) is 17.2 Å². The summed E-state index contributed by atoms with van der Waals surface area (Å²) >= 11 is 0. The van der Waals surface area contributed by atoms with Crippen molar-refractivity contribution in [3.63, 3.8) is 0 Å². The number of hydrogen-bond acceptors (Lipinski definition) is 4. The number of aromatic hydroxyl groups is 2. The van der Waals surface area contributed by atoms with E-state index in [1.165, 1.54) is 0 Å². The van der Waals surface area contributed by atoms with Gasteiger partial charge < -0.3 is 15.1 Å². The molecule has 2 N–H and O–H groups in total. The van der Waals surface area contributed by atoms with Gasteiger partial charge in [-0.05, 0) is 23.3 Å². The molecule has 22 heavy (non-hydrogen) atoms. The summed E-state index contributed by atoms with van der Waals surface area (Å²) in [7, 11) is 0. The van der Waals surface area contributed by atoms with Crippen LogP contribution in [0, 0.1) is 0 Å². The van der Waals surface area contributed by atoms with Crippen molar-refractivity contribution in [2.24, 2.45) is 0 Å². The summed E-state index contributed by atoms with van der Waals surface area (Å²) in [6, 6.07) is 1.77. The van der Waals surface area contributed by atoms with Gasteiger partial charge in [-0.15, -0.1) is 0 Å². The number of phenolic OH excluding ortho intramolecular Hbond substituents is 2. The second-order valence-corrected chi connectivity index (χ2v) is 7.75. The van der Waals surface area contributed by atoms with Crippen LogP contribution in [0.1, 0.15) is 72.4 Å². The van der Waals surface area contributed by atoms with Gasteiger partial charge in [0, 0.05) is 11.1 Å². The van der Waals surface area contributed by atoms with Crippen LogP contribution in [-0.4, -0.2) is 16.8 Å². The molecular formula is C18H30O4. The minimum absolute atomic E-state index is 0.0849. The van der Waals surface area contributed by atoms with Gasteiger partial charge in [0.25, 0.3) is 0 Å². The van der Waals surface area contributed by atoms with E-state index in [0.717, 1.165) is 12.8 Å². The predicted octanol–water partition coefficient (Wildman–Crippen LogP) is 4.80. The fourth-order valence-corrected chi connectivity index (χ4v) is 2.30. The van der Waals surface area contributed by atoms with Crippen molar-refractivity contribution < 1.29 is 20.0 Å². The van der Waals surface area contributed by atoms with E-state index < -0.39 is 0 Å². The third-order valence-corrected chi connectivity index (χ3v) is 3.53. The molecule has 0 atom stereocenters.